The van der Waals surface area contributed by atoms with Crippen LogP contribution in [0.3, 0.4) is 0 Å². The average molecular weight is 247 g/mol. The van der Waals surface area contributed by atoms with Gasteiger partial charge in [0.05, 0.1) is 6.54 Å². The molecule has 2 aromatic rings. The molecule has 0 aromatic carbocycles. The highest BCUT2D eigenvalue weighted by molar-refractivity contribution is 5.44. The maximum atomic E-state index is 5.43. The molecule has 6 heteroatoms. The van der Waals surface area contributed by atoms with Gasteiger partial charge in [-0.05, 0) is 24.6 Å². The van der Waals surface area contributed by atoms with Crippen LogP contribution < -0.4 is 10.6 Å². The molecule has 0 saturated carbocycles. The van der Waals surface area contributed by atoms with Gasteiger partial charge in [-0.2, -0.15) is 0 Å². The van der Waals surface area contributed by atoms with Gasteiger partial charge in [-0.1, -0.05) is 25.0 Å². The van der Waals surface area contributed by atoms with Crippen molar-refractivity contribution in [3.8, 4) is 0 Å². The van der Waals surface area contributed by atoms with E-state index in [4.69, 9.17) is 4.42 Å². The summed E-state index contributed by atoms with van der Waals surface area (Å²) in [5.74, 6) is 1.84. The number of aromatic nitrogens is 3. The van der Waals surface area contributed by atoms with Crippen molar-refractivity contribution in [2.24, 2.45) is 5.92 Å². The lowest BCUT2D eigenvalue weighted by molar-refractivity contribution is 0.460. The van der Waals surface area contributed by atoms with Crippen molar-refractivity contribution in [2.45, 2.75) is 20.4 Å². The number of nitrogens with zero attached hydrogens (tertiary/aromatic N) is 3. The fourth-order valence-corrected chi connectivity index (χ4v) is 1.39. The smallest absolute Gasteiger partial charge is 0.321 e. The molecule has 2 heterocycles. The van der Waals surface area contributed by atoms with E-state index in [-0.39, 0.29) is 0 Å². The zero-order chi connectivity index (χ0) is 12.8. The maximum absolute atomic E-state index is 5.43. The molecule has 0 unspecified atom stereocenters. The van der Waals surface area contributed by atoms with Crippen LogP contribution in [0.2, 0.25) is 0 Å². The second-order valence-electron chi connectivity index (χ2n) is 4.37. The third kappa shape index (κ3) is 3.81. The number of rotatable bonds is 6. The van der Waals surface area contributed by atoms with Gasteiger partial charge in [-0.3, -0.25) is 5.32 Å². The van der Waals surface area contributed by atoms with Crippen molar-refractivity contribution >= 4 is 11.8 Å². The Labute approximate surface area is 106 Å². The molecule has 2 N–H and O–H groups in total. The van der Waals surface area contributed by atoms with Gasteiger partial charge in [0.15, 0.2) is 0 Å². The van der Waals surface area contributed by atoms with Gasteiger partial charge in [0, 0.05) is 6.20 Å². The molecule has 0 aliphatic carbocycles. The normalized spacial score (nSPS) is 10.8. The van der Waals surface area contributed by atoms with Crippen molar-refractivity contribution < 1.29 is 4.42 Å². The summed E-state index contributed by atoms with van der Waals surface area (Å²) in [4.78, 5) is 4.11. The summed E-state index contributed by atoms with van der Waals surface area (Å²) in [7, 11) is 0. The molecule has 96 valence electrons. The first-order valence-electron chi connectivity index (χ1n) is 5.95. The highest BCUT2D eigenvalue weighted by Gasteiger charge is 2.06. The van der Waals surface area contributed by atoms with Crippen LogP contribution in [0.1, 0.15) is 19.7 Å². The Morgan fingerprint density at radius 3 is 2.89 bits per heavy atom. The lowest BCUT2D eigenvalue weighted by atomic mass is 10.2. The number of anilines is 2. The van der Waals surface area contributed by atoms with E-state index in [2.05, 4.69) is 39.7 Å². The van der Waals surface area contributed by atoms with Crippen molar-refractivity contribution in [1.29, 1.82) is 0 Å². The fourth-order valence-electron chi connectivity index (χ4n) is 1.39. The van der Waals surface area contributed by atoms with E-state index in [0.717, 1.165) is 6.54 Å². The summed E-state index contributed by atoms with van der Waals surface area (Å²) in [6.45, 7) is 5.80. The molecule has 0 spiro atoms. The molecule has 0 aliphatic rings. The number of hydrogen-bond acceptors (Lipinski definition) is 6. The first-order valence-corrected chi connectivity index (χ1v) is 5.95. The predicted molar refractivity (Wildman–Crippen MR) is 68.4 cm³/mol. The first kappa shape index (κ1) is 12.5. The van der Waals surface area contributed by atoms with E-state index in [1.54, 1.807) is 6.20 Å². The lowest BCUT2D eigenvalue weighted by Crippen LogP contribution is -2.19. The Kier molecular flexibility index (Phi) is 4.25. The Morgan fingerprint density at radius 2 is 2.17 bits per heavy atom. The van der Waals surface area contributed by atoms with Crippen molar-refractivity contribution in [2.75, 3.05) is 11.9 Å². The molecule has 18 heavy (non-hydrogen) atoms. The van der Waals surface area contributed by atoms with Crippen LogP contribution >= 0.6 is 0 Å². The van der Waals surface area contributed by atoms with Crippen LogP contribution in [0.25, 0.3) is 0 Å². The highest BCUT2D eigenvalue weighted by atomic mass is 16.4. The van der Waals surface area contributed by atoms with E-state index in [1.165, 1.54) is 0 Å². The zero-order valence-corrected chi connectivity index (χ0v) is 10.6. The molecular weight excluding hydrogens is 230 g/mol. The minimum Gasteiger partial charge on any atom is -0.406 e. The lowest BCUT2D eigenvalue weighted by Gasteiger charge is -2.03. The van der Waals surface area contributed by atoms with Crippen LogP contribution in [0.5, 0.6) is 0 Å². The Balaban J connectivity index is 1.86. The largest absolute Gasteiger partial charge is 0.406 e. The molecule has 2 aromatic heterocycles. The average Bonchev–Trinajstić information content (AvgIpc) is 2.78. The molecule has 6 nitrogen and oxygen atoms in total. The summed E-state index contributed by atoms with van der Waals surface area (Å²) >= 11 is 0. The summed E-state index contributed by atoms with van der Waals surface area (Å²) in [6.07, 6.45) is 1.70. The molecule has 0 atom stereocenters. The standard InChI is InChI=1S/C12H17N5O/c1-9(2)7-13-8-11-16-17-12(18-11)15-10-5-3-4-6-14-10/h3-6,9,13H,7-8H2,1-2H3,(H,14,15,17). The molecule has 0 bridgehead atoms. The molecule has 2 rings (SSSR count). The predicted octanol–water partition coefficient (Wildman–Crippen LogP) is 1.95. The van der Waals surface area contributed by atoms with Crippen molar-refractivity contribution in [3.63, 3.8) is 0 Å². The van der Waals surface area contributed by atoms with Crippen molar-refractivity contribution in [1.82, 2.24) is 20.5 Å². The number of pyridine rings is 1. The molecule has 0 saturated heterocycles. The number of hydrogen-bond donors (Lipinski definition) is 2. The van der Waals surface area contributed by atoms with E-state index in [1.807, 2.05) is 18.2 Å². The van der Waals surface area contributed by atoms with Crippen LogP contribution in [0.4, 0.5) is 11.8 Å². The maximum Gasteiger partial charge on any atom is 0.321 e. The minimum absolute atomic E-state index is 0.357. The molecule has 0 radical (unpaired) electrons. The second-order valence-corrected chi connectivity index (χ2v) is 4.37. The van der Waals surface area contributed by atoms with Gasteiger partial charge in [0.1, 0.15) is 5.82 Å². The topological polar surface area (TPSA) is 75.9 Å². The van der Waals surface area contributed by atoms with Gasteiger partial charge in [0.2, 0.25) is 5.89 Å². The zero-order valence-electron chi connectivity index (χ0n) is 10.6. The fraction of sp³-hybridized carbons (Fsp3) is 0.417. The van der Waals surface area contributed by atoms with Gasteiger partial charge in [-0.25, -0.2) is 4.98 Å². The van der Waals surface area contributed by atoms with Gasteiger partial charge in [0.25, 0.3) is 0 Å². The minimum atomic E-state index is 0.357. The monoisotopic (exact) mass is 247 g/mol. The SMILES string of the molecule is CC(C)CNCc1nnc(Nc2ccccn2)o1. The van der Waals surface area contributed by atoms with Crippen molar-refractivity contribution in [3.05, 3.63) is 30.3 Å². The summed E-state index contributed by atoms with van der Waals surface area (Å²) in [6, 6.07) is 5.92. The van der Waals surface area contributed by atoms with Gasteiger partial charge < -0.3 is 9.73 Å². The van der Waals surface area contributed by atoms with Crippen LogP contribution in [-0.4, -0.2) is 21.7 Å². The molecular formula is C12H17N5O. The third-order valence-corrected chi connectivity index (χ3v) is 2.20. The van der Waals surface area contributed by atoms with E-state index in [0.29, 0.717) is 30.2 Å². The second kappa shape index (κ2) is 6.11. The van der Waals surface area contributed by atoms with E-state index >= 15 is 0 Å². The van der Waals surface area contributed by atoms with Gasteiger partial charge >= 0.3 is 6.01 Å². The number of nitrogens with one attached hydrogen (secondary N) is 2. The summed E-state index contributed by atoms with van der Waals surface area (Å²) < 4.78 is 5.43. The molecule has 0 amide bonds. The Hall–Kier alpha value is -1.95. The highest BCUT2D eigenvalue weighted by Crippen LogP contribution is 2.11. The molecule has 0 fully saturated rings. The quantitative estimate of drug-likeness (QED) is 0.812. The van der Waals surface area contributed by atoms with E-state index < -0.39 is 0 Å². The van der Waals surface area contributed by atoms with Gasteiger partial charge in [-0.15, -0.1) is 5.10 Å². The first-order chi connectivity index (χ1) is 8.74. The summed E-state index contributed by atoms with van der Waals surface area (Å²) in [5, 5.41) is 14.0. The third-order valence-electron chi connectivity index (χ3n) is 2.20. The Bertz CT molecular complexity index is 468. The van der Waals surface area contributed by atoms with E-state index in [9.17, 15) is 0 Å². The van der Waals surface area contributed by atoms with Crippen LogP contribution in [-0.2, 0) is 6.54 Å². The summed E-state index contributed by atoms with van der Waals surface area (Å²) in [5.41, 5.74) is 0. The van der Waals surface area contributed by atoms with Crippen LogP contribution in [0, 0.1) is 5.92 Å². The Morgan fingerprint density at radius 1 is 1.28 bits per heavy atom. The molecule has 0 aliphatic heterocycles. The van der Waals surface area contributed by atoms with Crippen LogP contribution in [0.15, 0.2) is 28.8 Å².